The first-order valence-electron chi connectivity index (χ1n) is 8.81. The molecule has 27 heavy (non-hydrogen) atoms. The number of aryl methyl sites for hydroxylation is 1. The number of aromatic amines is 1. The molecule has 2 aromatic heterocycles. The van der Waals surface area contributed by atoms with Gasteiger partial charge in [-0.3, -0.25) is 4.90 Å². The summed E-state index contributed by atoms with van der Waals surface area (Å²) in [6.07, 6.45) is 3.53. The molecule has 0 amide bonds. The molecule has 4 aromatic rings. The molecule has 0 saturated carbocycles. The smallest absolute Gasteiger partial charge is 0.178 e. The highest BCUT2D eigenvalue weighted by molar-refractivity contribution is 5.40. The molecule has 0 fully saturated rings. The van der Waals surface area contributed by atoms with Crippen molar-refractivity contribution in [2.75, 3.05) is 7.05 Å². The van der Waals surface area contributed by atoms with E-state index in [0.29, 0.717) is 6.54 Å². The molecule has 2 aromatic carbocycles. The van der Waals surface area contributed by atoms with Crippen LogP contribution < -0.4 is 0 Å². The molecule has 0 unspecified atom stereocenters. The molecule has 0 aliphatic heterocycles. The predicted octanol–water partition coefficient (Wildman–Crippen LogP) is 2.92. The number of nitrogens with one attached hydrogen (secondary N) is 1. The zero-order chi connectivity index (χ0) is 18.6. The maximum absolute atomic E-state index is 4.40. The van der Waals surface area contributed by atoms with Gasteiger partial charge >= 0.3 is 0 Å². The summed E-state index contributed by atoms with van der Waals surface area (Å²) in [4.78, 5) is 9.49. The molecule has 0 aliphatic rings. The molecular formula is C20H21N7. The van der Waals surface area contributed by atoms with Gasteiger partial charge in [0.15, 0.2) is 5.82 Å². The molecule has 1 N–H and O–H groups in total. The number of hydrogen-bond donors (Lipinski definition) is 1. The van der Waals surface area contributed by atoms with Crippen LogP contribution in [-0.2, 0) is 6.54 Å². The average Bonchev–Trinajstić information content (AvgIpc) is 3.36. The third kappa shape index (κ3) is 3.50. The van der Waals surface area contributed by atoms with Gasteiger partial charge in [0, 0.05) is 18.4 Å². The van der Waals surface area contributed by atoms with Gasteiger partial charge in [-0.15, -0.1) is 5.10 Å². The summed E-state index contributed by atoms with van der Waals surface area (Å²) in [5.41, 5.74) is 4.26. The molecule has 0 radical (unpaired) electrons. The van der Waals surface area contributed by atoms with E-state index in [1.165, 1.54) is 0 Å². The van der Waals surface area contributed by atoms with Crippen LogP contribution in [-0.4, -0.2) is 42.1 Å². The third-order valence-corrected chi connectivity index (χ3v) is 4.61. The minimum absolute atomic E-state index is 0.107. The number of imidazole rings is 1. The Bertz CT molecular complexity index is 992. The Morgan fingerprint density at radius 3 is 2.59 bits per heavy atom. The topological polar surface area (TPSA) is 75.5 Å². The molecule has 7 heteroatoms. The Kier molecular flexibility index (Phi) is 4.76. The molecule has 0 bridgehead atoms. The summed E-state index contributed by atoms with van der Waals surface area (Å²) in [5.74, 6) is 0.775. The number of benzene rings is 2. The van der Waals surface area contributed by atoms with Crippen molar-refractivity contribution in [1.29, 1.82) is 0 Å². The summed E-state index contributed by atoms with van der Waals surface area (Å²) < 4.78 is 1.83. The van der Waals surface area contributed by atoms with Crippen molar-refractivity contribution < 1.29 is 0 Å². The number of tetrazole rings is 1. The highest BCUT2D eigenvalue weighted by atomic mass is 15.6. The standard InChI is InChI=1S/C20H21N7/c1-15-8-6-7-11-18(15)27-20(23-24-25-27)19(16-9-4-3-5-10-16)26(2)13-17-12-21-14-22-17/h3-12,14,19H,13H2,1-2H3,(H,21,22)/t19-/m0/s1. The Balaban J connectivity index is 1.78. The van der Waals surface area contributed by atoms with Crippen molar-refractivity contribution in [3.05, 3.63) is 89.8 Å². The number of rotatable bonds is 6. The van der Waals surface area contributed by atoms with Crippen LogP contribution in [0.3, 0.4) is 0 Å². The zero-order valence-corrected chi connectivity index (χ0v) is 15.3. The lowest BCUT2D eigenvalue weighted by molar-refractivity contribution is 0.255. The number of para-hydroxylation sites is 1. The highest BCUT2D eigenvalue weighted by Gasteiger charge is 2.26. The molecule has 2 heterocycles. The first kappa shape index (κ1) is 17.1. The maximum atomic E-state index is 4.40. The van der Waals surface area contributed by atoms with E-state index in [1.807, 2.05) is 47.3 Å². The minimum atomic E-state index is -0.107. The highest BCUT2D eigenvalue weighted by Crippen LogP contribution is 2.28. The number of H-pyrrole nitrogens is 1. The van der Waals surface area contributed by atoms with Crippen LogP contribution in [0.1, 0.15) is 28.7 Å². The van der Waals surface area contributed by atoms with E-state index in [0.717, 1.165) is 28.3 Å². The van der Waals surface area contributed by atoms with Crippen LogP contribution in [0.2, 0.25) is 0 Å². The zero-order valence-electron chi connectivity index (χ0n) is 15.3. The molecule has 0 aliphatic carbocycles. The summed E-state index contributed by atoms with van der Waals surface area (Å²) in [6, 6.07) is 18.3. The number of nitrogens with zero attached hydrogens (tertiary/aromatic N) is 6. The van der Waals surface area contributed by atoms with Crippen molar-refractivity contribution in [2.45, 2.75) is 19.5 Å². The van der Waals surface area contributed by atoms with E-state index in [2.05, 4.69) is 62.6 Å². The average molecular weight is 359 g/mol. The summed E-state index contributed by atoms with van der Waals surface area (Å²) >= 11 is 0. The van der Waals surface area contributed by atoms with Crippen LogP contribution in [0, 0.1) is 6.92 Å². The fourth-order valence-electron chi connectivity index (χ4n) is 3.30. The monoisotopic (exact) mass is 359 g/mol. The van der Waals surface area contributed by atoms with Crippen molar-refractivity contribution in [3.8, 4) is 5.69 Å². The Morgan fingerprint density at radius 1 is 1.07 bits per heavy atom. The van der Waals surface area contributed by atoms with Crippen LogP contribution in [0.15, 0.2) is 67.1 Å². The second kappa shape index (κ2) is 7.51. The lowest BCUT2D eigenvalue weighted by Crippen LogP contribution is -2.28. The largest absolute Gasteiger partial charge is 0.347 e. The second-order valence-corrected chi connectivity index (χ2v) is 6.54. The van der Waals surface area contributed by atoms with Crippen LogP contribution >= 0.6 is 0 Å². The Morgan fingerprint density at radius 2 is 1.85 bits per heavy atom. The van der Waals surface area contributed by atoms with E-state index >= 15 is 0 Å². The van der Waals surface area contributed by atoms with Gasteiger partial charge in [-0.2, -0.15) is 4.68 Å². The van der Waals surface area contributed by atoms with Gasteiger partial charge in [0.2, 0.25) is 0 Å². The van der Waals surface area contributed by atoms with Gasteiger partial charge in [0.05, 0.1) is 18.1 Å². The first-order chi connectivity index (χ1) is 13.2. The van der Waals surface area contributed by atoms with Crippen LogP contribution in [0.4, 0.5) is 0 Å². The Labute approximate surface area is 157 Å². The van der Waals surface area contributed by atoms with E-state index in [4.69, 9.17) is 0 Å². The van der Waals surface area contributed by atoms with E-state index in [9.17, 15) is 0 Å². The summed E-state index contributed by atoms with van der Waals surface area (Å²) in [5, 5.41) is 12.7. The number of aromatic nitrogens is 6. The molecule has 4 rings (SSSR count). The van der Waals surface area contributed by atoms with E-state index in [1.54, 1.807) is 6.33 Å². The predicted molar refractivity (Wildman–Crippen MR) is 102 cm³/mol. The minimum Gasteiger partial charge on any atom is -0.347 e. The SMILES string of the molecule is Cc1ccccc1-n1nnnc1[C@H](c1ccccc1)N(C)Cc1cnc[nH]1. The normalized spacial score (nSPS) is 12.4. The van der Waals surface area contributed by atoms with Gasteiger partial charge in [-0.05, 0) is 41.6 Å². The fraction of sp³-hybridized carbons (Fsp3) is 0.200. The van der Waals surface area contributed by atoms with Gasteiger partial charge in [0.25, 0.3) is 0 Å². The fourth-order valence-corrected chi connectivity index (χ4v) is 3.30. The van der Waals surface area contributed by atoms with Gasteiger partial charge < -0.3 is 4.98 Å². The first-order valence-corrected chi connectivity index (χ1v) is 8.81. The maximum Gasteiger partial charge on any atom is 0.178 e. The van der Waals surface area contributed by atoms with Crippen molar-refractivity contribution in [1.82, 2.24) is 35.1 Å². The summed E-state index contributed by atoms with van der Waals surface area (Å²) in [6.45, 7) is 2.76. The molecule has 0 spiro atoms. The second-order valence-electron chi connectivity index (χ2n) is 6.54. The molecular weight excluding hydrogens is 338 g/mol. The molecule has 0 saturated heterocycles. The third-order valence-electron chi connectivity index (χ3n) is 4.61. The van der Waals surface area contributed by atoms with Crippen molar-refractivity contribution >= 4 is 0 Å². The van der Waals surface area contributed by atoms with Crippen molar-refractivity contribution in [3.63, 3.8) is 0 Å². The summed E-state index contributed by atoms with van der Waals surface area (Å²) in [7, 11) is 2.06. The van der Waals surface area contributed by atoms with Gasteiger partial charge in [-0.1, -0.05) is 48.5 Å². The molecule has 7 nitrogen and oxygen atoms in total. The van der Waals surface area contributed by atoms with E-state index in [-0.39, 0.29) is 6.04 Å². The van der Waals surface area contributed by atoms with Gasteiger partial charge in [0.1, 0.15) is 0 Å². The van der Waals surface area contributed by atoms with Crippen LogP contribution in [0.5, 0.6) is 0 Å². The molecule has 1 atom stereocenters. The van der Waals surface area contributed by atoms with Gasteiger partial charge in [-0.25, -0.2) is 4.98 Å². The Hall–Kier alpha value is -3.32. The van der Waals surface area contributed by atoms with Crippen LogP contribution in [0.25, 0.3) is 5.69 Å². The number of hydrogen-bond acceptors (Lipinski definition) is 5. The lowest BCUT2D eigenvalue weighted by Gasteiger charge is -2.27. The quantitative estimate of drug-likeness (QED) is 0.573. The molecule has 136 valence electrons. The van der Waals surface area contributed by atoms with Crippen molar-refractivity contribution in [2.24, 2.45) is 0 Å². The lowest BCUT2D eigenvalue weighted by atomic mass is 10.0. The van der Waals surface area contributed by atoms with E-state index < -0.39 is 0 Å².